The molecule has 5 nitrogen and oxygen atoms in total. The number of rotatable bonds is 6. The van der Waals surface area contributed by atoms with Gasteiger partial charge >= 0.3 is 0 Å². The largest absolute Gasteiger partial charge is 0.322 e. The van der Waals surface area contributed by atoms with Gasteiger partial charge in [0, 0.05) is 16.3 Å². The first kappa shape index (κ1) is 21.2. The van der Waals surface area contributed by atoms with Gasteiger partial charge in [-0.2, -0.15) is 0 Å². The molecule has 0 saturated carbocycles. The topological polar surface area (TPSA) is 75.3 Å². The number of hydrogen-bond acceptors (Lipinski definition) is 4. The predicted octanol–water partition coefficient (Wildman–Crippen LogP) is 5.25. The van der Waals surface area contributed by atoms with Gasteiger partial charge in [-0.1, -0.05) is 11.6 Å². The standard InChI is InChI=1S/C20H16ClFN2O3S2/c1-28-16-8-6-14(7-9-16)23-20(25)18-12-17(10-11-19(18)21)29(26,27)24-15-4-2-13(22)3-5-15/h2-12,24H,1H3,(H,23,25). The molecule has 0 saturated heterocycles. The minimum atomic E-state index is -3.99. The fraction of sp³-hybridized carbons (Fsp3) is 0.0500. The fourth-order valence-electron chi connectivity index (χ4n) is 2.45. The number of carbonyl (C=O) groups excluding carboxylic acids is 1. The smallest absolute Gasteiger partial charge is 0.261 e. The van der Waals surface area contributed by atoms with Crippen molar-refractivity contribution >= 4 is 50.7 Å². The van der Waals surface area contributed by atoms with Crippen molar-refractivity contribution in [1.29, 1.82) is 0 Å². The first-order chi connectivity index (χ1) is 13.8. The molecule has 0 aliphatic rings. The highest BCUT2D eigenvalue weighted by molar-refractivity contribution is 7.98. The zero-order chi connectivity index (χ0) is 21.0. The maximum atomic E-state index is 13.0. The lowest BCUT2D eigenvalue weighted by Gasteiger charge is -2.11. The molecule has 3 aromatic rings. The van der Waals surface area contributed by atoms with Gasteiger partial charge in [-0.25, -0.2) is 12.8 Å². The van der Waals surface area contributed by atoms with E-state index in [0.29, 0.717) is 5.69 Å². The van der Waals surface area contributed by atoms with Gasteiger partial charge in [0.05, 0.1) is 15.5 Å². The van der Waals surface area contributed by atoms with Gasteiger partial charge in [-0.3, -0.25) is 9.52 Å². The van der Waals surface area contributed by atoms with E-state index in [-0.39, 0.29) is 21.2 Å². The number of nitrogens with one attached hydrogen (secondary N) is 2. The van der Waals surface area contributed by atoms with E-state index < -0.39 is 21.7 Å². The molecule has 150 valence electrons. The first-order valence-electron chi connectivity index (χ1n) is 8.32. The summed E-state index contributed by atoms with van der Waals surface area (Å²) in [6, 6.07) is 15.9. The van der Waals surface area contributed by atoms with E-state index in [2.05, 4.69) is 10.0 Å². The molecule has 0 radical (unpaired) electrons. The molecule has 0 heterocycles. The molecule has 9 heteroatoms. The van der Waals surface area contributed by atoms with E-state index in [1.165, 1.54) is 30.3 Å². The highest BCUT2D eigenvalue weighted by Crippen LogP contribution is 2.24. The lowest BCUT2D eigenvalue weighted by Crippen LogP contribution is -2.16. The summed E-state index contributed by atoms with van der Waals surface area (Å²) in [5.41, 5.74) is 0.769. The second-order valence-corrected chi connectivity index (χ2v) is 8.91. The van der Waals surface area contributed by atoms with Crippen LogP contribution in [0.2, 0.25) is 5.02 Å². The molecule has 0 bridgehead atoms. The third kappa shape index (κ3) is 5.29. The Morgan fingerprint density at radius 3 is 2.21 bits per heavy atom. The van der Waals surface area contributed by atoms with Crippen LogP contribution in [0.5, 0.6) is 0 Å². The van der Waals surface area contributed by atoms with E-state index in [9.17, 15) is 17.6 Å². The predicted molar refractivity (Wildman–Crippen MR) is 115 cm³/mol. The average molecular weight is 451 g/mol. The zero-order valence-electron chi connectivity index (χ0n) is 15.1. The minimum absolute atomic E-state index is 0.0163. The molecule has 0 aliphatic carbocycles. The van der Waals surface area contributed by atoms with Crippen molar-refractivity contribution in [1.82, 2.24) is 0 Å². The minimum Gasteiger partial charge on any atom is -0.322 e. The quantitative estimate of drug-likeness (QED) is 0.502. The van der Waals surface area contributed by atoms with Crippen LogP contribution in [0, 0.1) is 5.82 Å². The Balaban J connectivity index is 1.84. The fourth-order valence-corrected chi connectivity index (χ4v) is 4.15. The van der Waals surface area contributed by atoms with Crippen LogP contribution in [0.1, 0.15) is 10.4 Å². The lowest BCUT2D eigenvalue weighted by atomic mass is 10.2. The van der Waals surface area contributed by atoms with Gasteiger partial charge in [0.25, 0.3) is 15.9 Å². The monoisotopic (exact) mass is 450 g/mol. The molecule has 0 aliphatic heterocycles. The summed E-state index contributed by atoms with van der Waals surface area (Å²) < 4.78 is 40.6. The van der Waals surface area contributed by atoms with E-state index in [1.807, 2.05) is 18.4 Å². The van der Waals surface area contributed by atoms with E-state index in [4.69, 9.17) is 11.6 Å². The molecule has 29 heavy (non-hydrogen) atoms. The van der Waals surface area contributed by atoms with Gasteiger partial charge in [0.15, 0.2) is 0 Å². The molecule has 3 aromatic carbocycles. The average Bonchev–Trinajstić information content (AvgIpc) is 2.70. The van der Waals surface area contributed by atoms with E-state index in [1.54, 1.807) is 23.9 Å². The van der Waals surface area contributed by atoms with Gasteiger partial charge < -0.3 is 5.32 Å². The molecule has 0 spiro atoms. The van der Waals surface area contributed by atoms with E-state index in [0.717, 1.165) is 17.0 Å². The van der Waals surface area contributed by atoms with Gasteiger partial charge in [0.2, 0.25) is 0 Å². The third-order valence-electron chi connectivity index (χ3n) is 3.94. The van der Waals surface area contributed by atoms with Gasteiger partial charge in [-0.15, -0.1) is 11.8 Å². The Hall–Kier alpha value is -2.55. The van der Waals surface area contributed by atoms with Crippen molar-refractivity contribution < 1.29 is 17.6 Å². The number of thioether (sulfide) groups is 1. The summed E-state index contributed by atoms with van der Waals surface area (Å²) in [4.78, 5) is 13.5. The summed E-state index contributed by atoms with van der Waals surface area (Å²) in [6.45, 7) is 0. The number of anilines is 2. The first-order valence-corrected chi connectivity index (χ1v) is 11.4. The highest BCUT2D eigenvalue weighted by Gasteiger charge is 2.19. The zero-order valence-corrected chi connectivity index (χ0v) is 17.5. The Bertz CT molecular complexity index is 1140. The molecular weight excluding hydrogens is 435 g/mol. The maximum Gasteiger partial charge on any atom is 0.261 e. The van der Waals surface area contributed by atoms with Gasteiger partial charge in [0.1, 0.15) is 5.82 Å². The molecule has 3 rings (SSSR count). The van der Waals surface area contributed by atoms with Crippen molar-refractivity contribution in [3.05, 3.63) is 83.1 Å². The van der Waals surface area contributed by atoms with Crippen molar-refractivity contribution in [3.63, 3.8) is 0 Å². The van der Waals surface area contributed by atoms with Crippen molar-refractivity contribution in [2.24, 2.45) is 0 Å². The number of hydrogen-bond donors (Lipinski definition) is 2. The number of amides is 1. The normalized spacial score (nSPS) is 11.1. The van der Waals surface area contributed by atoms with Crippen LogP contribution < -0.4 is 10.0 Å². The number of benzene rings is 3. The Kier molecular flexibility index (Phi) is 6.46. The van der Waals surface area contributed by atoms with Crippen LogP contribution >= 0.6 is 23.4 Å². The van der Waals surface area contributed by atoms with Crippen LogP contribution in [0.25, 0.3) is 0 Å². The Labute approximate surface area is 177 Å². The van der Waals surface area contributed by atoms with E-state index >= 15 is 0 Å². The lowest BCUT2D eigenvalue weighted by molar-refractivity contribution is 0.102. The molecule has 0 fully saturated rings. The van der Waals surface area contributed by atoms with Crippen LogP contribution in [-0.4, -0.2) is 20.6 Å². The Morgan fingerprint density at radius 1 is 0.966 bits per heavy atom. The van der Waals surface area contributed by atoms with Crippen molar-refractivity contribution in [2.75, 3.05) is 16.3 Å². The summed E-state index contributed by atoms with van der Waals surface area (Å²) in [6.07, 6.45) is 1.94. The number of carbonyl (C=O) groups is 1. The second-order valence-electron chi connectivity index (χ2n) is 5.94. The van der Waals surface area contributed by atoms with Crippen LogP contribution in [-0.2, 0) is 10.0 Å². The van der Waals surface area contributed by atoms with Gasteiger partial charge in [-0.05, 0) is 73.0 Å². The third-order valence-corrected chi connectivity index (χ3v) is 6.39. The number of sulfonamides is 1. The molecule has 0 atom stereocenters. The maximum absolute atomic E-state index is 13.0. The van der Waals surface area contributed by atoms with Crippen LogP contribution in [0.15, 0.2) is 76.5 Å². The van der Waals surface area contributed by atoms with Crippen LogP contribution in [0.3, 0.4) is 0 Å². The molecule has 2 N–H and O–H groups in total. The Morgan fingerprint density at radius 2 is 1.59 bits per heavy atom. The number of halogens is 2. The summed E-state index contributed by atoms with van der Waals surface area (Å²) in [5, 5.41) is 2.81. The van der Waals surface area contributed by atoms with Crippen LogP contribution in [0.4, 0.5) is 15.8 Å². The summed E-state index contributed by atoms with van der Waals surface area (Å²) in [7, 11) is -3.99. The molecule has 1 amide bonds. The molecule has 0 unspecified atom stereocenters. The summed E-state index contributed by atoms with van der Waals surface area (Å²) >= 11 is 7.68. The molecule has 0 aromatic heterocycles. The SMILES string of the molecule is CSc1ccc(NC(=O)c2cc(S(=O)(=O)Nc3ccc(F)cc3)ccc2Cl)cc1. The van der Waals surface area contributed by atoms with Crippen molar-refractivity contribution in [3.8, 4) is 0 Å². The second kappa shape index (κ2) is 8.86. The molecular formula is C20H16ClFN2O3S2. The summed E-state index contributed by atoms with van der Waals surface area (Å²) in [5.74, 6) is -1.02. The van der Waals surface area contributed by atoms with Crippen molar-refractivity contribution in [2.45, 2.75) is 9.79 Å². The highest BCUT2D eigenvalue weighted by atomic mass is 35.5.